The van der Waals surface area contributed by atoms with Crippen molar-refractivity contribution in [1.82, 2.24) is 19.3 Å². The highest BCUT2D eigenvalue weighted by Crippen LogP contribution is 2.36. The maximum Gasteiger partial charge on any atom is 0.349 e. The molecule has 0 amide bonds. The van der Waals surface area contributed by atoms with Crippen molar-refractivity contribution in [3.8, 4) is 17.4 Å². The summed E-state index contributed by atoms with van der Waals surface area (Å²) in [6.45, 7) is 3.41. The summed E-state index contributed by atoms with van der Waals surface area (Å²) in [7, 11) is 0. The third kappa shape index (κ3) is 3.53. The maximum atomic E-state index is 12.2. The summed E-state index contributed by atoms with van der Waals surface area (Å²) in [5.41, 5.74) is -1.03. The van der Waals surface area contributed by atoms with Crippen LogP contribution in [0, 0.1) is 11.3 Å². The van der Waals surface area contributed by atoms with Crippen LogP contribution in [-0.4, -0.2) is 24.4 Å². The number of aromatic nitrogens is 4. The van der Waals surface area contributed by atoms with Gasteiger partial charge in [0.05, 0.1) is 32.5 Å². The van der Waals surface area contributed by atoms with Gasteiger partial charge in [-0.1, -0.05) is 35.3 Å². The zero-order valence-electron chi connectivity index (χ0n) is 16.3. The molecule has 8 nitrogen and oxygen atoms in total. The molecule has 2 heterocycles. The molecule has 10 heteroatoms. The van der Waals surface area contributed by atoms with Gasteiger partial charge in [0.15, 0.2) is 0 Å². The second kappa shape index (κ2) is 7.39. The van der Waals surface area contributed by atoms with Gasteiger partial charge < -0.3 is 9.67 Å². The summed E-state index contributed by atoms with van der Waals surface area (Å²) in [6, 6.07) is 12.0. The number of rotatable bonds is 3. The SMILES string of the molecule is CC(C)(O)c1cccc2c1ccn2-c1c(Cl)cc(-n2nc(C#N)c(=O)[nH]c2=O)cc1Cl. The fraction of sp³-hybridized carbons (Fsp3) is 0.143. The molecular formula is C21H15Cl2N5O3. The van der Waals surface area contributed by atoms with Gasteiger partial charge >= 0.3 is 5.69 Å². The van der Waals surface area contributed by atoms with E-state index in [2.05, 4.69) is 5.10 Å². The van der Waals surface area contributed by atoms with Crippen LogP contribution in [-0.2, 0) is 5.60 Å². The highest BCUT2D eigenvalue weighted by atomic mass is 35.5. The highest BCUT2D eigenvalue weighted by Gasteiger charge is 2.21. The van der Waals surface area contributed by atoms with Crippen LogP contribution in [0.25, 0.3) is 22.3 Å². The minimum atomic E-state index is -1.04. The van der Waals surface area contributed by atoms with Gasteiger partial charge in [0.25, 0.3) is 5.56 Å². The summed E-state index contributed by atoms with van der Waals surface area (Å²) in [4.78, 5) is 25.8. The van der Waals surface area contributed by atoms with E-state index in [0.717, 1.165) is 21.1 Å². The Morgan fingerprint density at radius 2 is 1.84 bits per heavy atom. The topological polar surface area (TPSA) is 117 Å². The van der Waals surface area contributed by atoms with E-state index < -0.39 is 22.5 Å². The monoisotopic (exact) mass is 455 g/mol. The largest absolute Gasteiger partial charge is 0.386 e. The van der Waals surface area contributed by atoms with E-state index in [1.807, 2.05) is 29.2 Å². The Balaban J connectivity index is 1.92. The van der Waals surface area contributed by atoms with E-state index in [1.54, 1.807) is 30.7 Å². The number of hydrogen-bond acceptors (Lipinski definition) is 5. The molecular weight excluding hydrogens is 441 g/mol. The normalized spacial score (nSPS) is 11.6. The molecule has 156 valence electrons. The van der Waals surface area contributed by atoms with Crippen molar-refractivity contribution in [3.05, 3.63) is 84.7 Å². The lowest BCUT2D eigenvalue weighted by atomic mass is 9.95. The van der Waals surface area contributed by atoms with E-state index in [0.29, 0.717) is 5.69 Å². The number of hydrogen-bond donors (Lipinski definition) is 2. The molecule has 0 aliphatic heterocycles. The first kappa shape index (κ1) is 20.9. The molecule has 4 rings (SSSR count). The number of nitrogens with one attached hydrogen (secondary N) is 1. The summed E-state index contributed by atoms with van der Waals surface area (Å²) in [5, 5.41) is 24.5. The Morgan fingerprint density at radius 1 is 1.16 bits per heavy atom. The molecule has 2 N–H and O–H groups in total. The number of halogens is 2. The standard InChI is InChI=1S/C21H15Cl2N5O3/c1-21(2,31)13-4-3-5-17-12(13)6-7-27(17)18-14(22)8-11(9-15(18)23)28-20(30)25-19(29)16(10-24)26-28/h3-9,31H,1-2H3,(H,25,29,30). The van der Waals surface area contributed by atoms with Crippen molar-refractivity contribution < 1.29 is 5.11 Å². The molecule has 0 aliphatic rings. The van der Waals surface area contributed by atoms with Crippen molar-refractivity contribution in [2.75, 3.05) is 0 Å². The second-order valence-electron chi connectivity index (χ2n) is 7.37. The van der Waals surface area contributed by atoms with Crippen LogP contribution in [0.4, 0.5) is 0 Å². The first-order valence-corrected chi connectivity index (χ1v) is 9.84. The number of aliphatic hydroxyl groups is 1. The van der Waals surface area contributed by atoms with Gasteiger partial charge in [0.2, 0.25) is 5.69 Å². The van der Waals surface area contributed by atoms with Gasteiger partial charge in [-0.25, -0.2) is 4.79 Å². The third-order valence-corrected chi connectivity index (χ3v) is 5.39. The molecule has 2 aromatic carbocycles. The van der Waals surface area contributed by atoms with Gasteiger partial charge in [0, 0.05) is 11.6 Å². The quantitative estimate of drug-likeness (QED) is 0.491. The van der Waals surface area contributed by atoms with Crippen molar-refractivity contribution in [3.63, 3.8) is 0 Å². The third-order valence-electron chi connectivity index (χ3n) is 4.81. The second-order valence-corrected chi connectivity index (χ2v) is 8.19. The van der Waals surface area contributed by atoms with Crippen molar-refractivity contribution in [1.29, 1.82) is 5.26 Å². The molecule has 0 aliphatic carbocycles. The van der Waals surface area contributed by atoms with Gasteiger partial charge in [0.1, 0.15) is 6.07 Å². The number of fused-ring (bicyclic) bond motifs is 1. The average molecular weight is 456 g/mol. The summed E-state index contributed by atoms with van der Waals surface area (Å²) < 4.78 is 2.63. The first-order valence-electron chi connectivity index (χ1n) is 9.08. The lowest BCUT2D eigenvalue weighted by Gasteiger charge is -2.19. The van der Waals surface area contributed by atoms with E-state index in [4.69, 9.17) is 28.5 Å². The van der Waals surface area contributed by atoms with Crippen LogP contribution in [0.2, 0.25) is 10.0 Å². The van der Waals surface area contributed by atoms with E-state index in [9.17, 15) is 14.7 Å². The molecule has 31 heavy (non-hydrogen) atoms. The Bertz CT molecular complexity index is 1480. The van der Waals surface area contributed by atoms with Crippen LogP contribution >= 0.6 is 23.2 Å². The molecule has 0 atom stereocenters. The number of nitriles is 1. The minimum absolute atomic E-state index is 0.185. The lowest BCUT2D eigenvalue weighted by molar-refractivity contribution is 0.0802. The first-order chi connectivity index (χ1) is 14.6. The van der Waals surface area contributed by atoms with Crippen LogP contribution in [0.1, 0.15) is 25.1 Å². The zero-order valence-corrected chi connectivity index (χ0v) is 17.9. The Hall–Kier alpha value is -3.38. The van der Waals surface area contributed by atoms with Crippen LogP contribution in [0.5, 0.6) is 0 Å². The molecule has 2 aromatic heterocycles. The van der Waals surface area contributed by atoms with Gasteiger partial charge in [-0.05, 0) is 43.7 Å². The molecule has 0 spiro atoms. The number of nitrogens with zero attached hydrogens (tertiary/aromatic N) is 4. The summed E-state index contributed by atoms with van der Waals surface area (Å²) in [5.74, 6) is 0. The Morgan fingerprint density at radius 3 is 2.45 bits per heavy atom. The summed E-state index contributed by atoms with van der Waals surface area (Å²) >= 11 is 13.1. The van der Waals surface area contributed by atoms with Crippen LogP contribution in [0.15, 0.2) is 52.2 Å². The molecule has 0 saturated carbocycles. The maximum absolute atomic E-state index is 12.2. The van der Waals surface area contributed by atoms with Crippen molar-refractivity contribution >= 4 is 34.1 Å². The molecule has 0 radical (unpaired) electrons. The average Bonchev–Trinajstić information content (AvgIpc) is 3.10. The van der Waals surface area contributed by atoms with Gasteiger partial charge in [-0.15, -0.1) is 5.10 Å². The summed E-state index contributed by atoms with van der Waals surface area (Å²) in [6.07, 6.45) is 1.78. The fourth-order valence-electron chi connectivity index (χ4n) is 3.45. The molecule has 0 fully saturated rings. The molecule has 0 saturated heterocycles. The predicted molar refractivity (Wildman–Crippen MR) is 117 cm³/mol. The van der Waals surface area contributed by atoms with Crippen molar-refractivity contribution in [2.24, 2.45) is 0 Å². The van der Waals surface area contributed by atoms with Crippen molar-refractivity contribution in [2.45, 2.75) is 19.4 Å². The van der Waals surface area contributed by atoms with Gasteiger partial charge in [-0.3, -0.25) is 9.78 Å². The molecule has 4 aromatic rings. The minimum Gasteiger partial charge on any atom is -0.386 e. The Kier molecular flexibility index (Phi) is 4.98. The zero-order chi connectivity index (χ0) is 22.5. The fourth-order valence-corrected chi connectivity index (χ4v) is 4.11. The van der Waals surface area contributed by atoms with Crippen LogP contribution < -0.4 is 11.2 Å². The Labute approximate surface area is 185 Å². The lowest BCUT2D eigenvalue weighted by Crippen LogP contribution is -2.33. The smallest absolute Gasteiger partial charge is 0.349 e. The van der Waals surface area contributed by atoms with E-state index in [-0.39, 0.29) is 15.7 Å². The number of benzene rings is 2. The molecule has 0 unspecified atom stereocenters. The van der Waals surface area contributed by atoms with E-state index in [1.165, 1.54) is 12.1 Å². The van der Waals surface area contributed by atoms with Gasteiger partial charge in [-0.2, -0.15) is 9.94 Å². The van der Waals surface area contributed by atoms with Crippen LogP contribution in [0.3, 0.4) is 0 Å². The highest BCUT2D eigenvalue weighted by molar-refractivity contribution is 6.38. The molecule has 0 bridgehead atoms. The predicted octanol–water partition coefficient (Wildman–Crippen LogP) is 3.27. The number of H-pyrrole nitrogens is 1. The number of aromatic amines is 1. The van der Waals surface area contributed by atoms with E-state index >= 15 is 0 Å².